The molecule has 3 atom stereocenters. The molecule has 57 heavy (non-hydrogen) atoms. The Morgan fingerprint density at radius 2 is 1.77 bits per heavy atom. The Balaban J connectivity index is 1.37. The van der Waals surface area contributed by atoms with Crippen LogP contribution < -0.4 is 19.5 Å². The summed E-state index contributed by atoms with van der Waals surface area (Å²) >= 11 is 1.53. The van der Waals surface area contributed by atoms with Gasteiger partial charge in [0.15, 0.2) is 0 Å². The summed E-state index contributed by atoms with van der Waals surface area (Å²) in [6, 6.07) is 11.4. The number of ether oxygens (including phenoxy) is 4. The topological polar surface area (TPSA) is 132 Å². The molecule has 1 N–H and O–H groups in total. The number of benzene rings is 2. The molecule has 4 aromatic rings. The van der Waals surface area contributed by atoms with Gasteiger partial charge in [-0.1, -0.05) is 44.6 Å². The Morgan fingerprint density at radius 1 is 0.982 bits per heavy atom. The monoisotopic (exact) mass is 797 g/mol. The zero-order valence-corrected chi connectivity index (χ0v) is 34.7. The van der Waals surface area contributed by atoms with Crippen LogP contribution in [0, 0.1) is 6.92 Å². The van der Waals surface area contributed by atoms with Crippen molar-refractivity contribution in [2.24, 2.45) is 0 Å². The standard InChI is InChI=1S/C44H55N5O7S/c1-7-55-43(51)34-15-13-11-9-8-10-12-14-22-48(25-30-16-18-31(53-5)19-17-30)44(52)49-26-32(23-37(49)41(50)46-34)56-39-24-35(42-47-36(27-57-42)28(2)3)45-40-29(4)38(54-6)21-20-33(39)40/h9,11,16-21,24,27-28,32,34,37H,7-8,10,12-15,22-23,25-26H2,1-6H3,(H,46,50). The first-order chi connectivity index (χ1) is 27.6. The quantitative estimate of drug-likeness (QED) is 0.125. The molecule has 0 saturated carbocycles. The highest BCUT2D eigenvalue weighted by atomic mass is 32.1. The maximum Gasteiger partial charge on any atom is 0.328 e. The van der Waals surface area contributed by atoms with Crippen molar-refractivity contribution in [3.8, 4) is 28.0 Å². The van der Waals surface area contributed by atoms with Gasteiger partial charge in [0.2, 0.25) is 5.91 Å². The van der Waals surface area contributed by atoms with Crippen LogP contribution in [0.5, 0.6) is 17.2 Å². The van der Waals surface area contributed by atoms with E-state index in [2.05, 4.69) is 36.7 Å². The van der Waals surface area contributed by atoms with Gasteiger partial charge in [-0.25, -0.2) is 19.6 Å². The van der Waals surface area contributed by atoms with Gasteiger partial charge in [0.1, 0.15) is 46.1 Å². The normalized spacial score (nSPS) is 19.7. The van der Waals surface area contributed by atoms with E-state index in [4.69, 9.17) is 28.9 Å². The van der Waals surface area contributed by atoms with E-state index >= 15 is 0 Å². The zero-order valence-electron chi connectivity index (χ0n) is 33.9. The fourth-order valence-corrected chi connectivity index (χ4v) is 8.31. The number of esters is 1. The van der Waals surface area contributed by atoms with Gasteiger partial charge >= 0.3 is 12.0 Å². The Bertz CT molecular complexity index is 2050. The minimum absolute atomic E-state index is 0.159. The number of thiazole rings is 1. The maximum absolute atomic E-state index is 14.8. The van der Waals surface area contributed by atoms with Crippen LogP contribution in [0.1, 0.15) is 88.5 Å². The number of carbonyl (C=O) groups excluding carboxylic acids is 3. The minimum Gasteiger partial charge on any atom is -0.497 e. The number of hydrogen-bond acceptors (Lipinski definition) is 10. The lowest BCUT2D eigenvalue weighted by Gasteiger charge is -2.32. The van der Waals surface area contributed by atoms with E-state index in [0.29, 0.717) is 43.1 Å². The van der Waals surface area contributed by atoms with Gasteiger partial charge in [0.05, 0.1) is 38.6 Å². The van der Waals surface area contributed by atoms with Crippen molar-refractivity contribution < 1.29 is 33.3 Å². The summed E-state index contributed by atoms with van der Waals surface area (Å²) in [5.41, 5.74) is 4.18. The number of urea groups is 1. The molecule has 3 amide bonds. The van der Waals surface area contributed by atoms with Crippen molar-refractivity contribution >= 4 is 40.1 Å². The Morgan fingerprint density at radius 3 is 2.49 bits per heavy atom. The lowest BCUT2D eigenvalue weighted by molar-refractivity contribution is -0.148. The molecular weight excluding hydrogens is 743 g/mol. The molecule has 2 aromatic carbocycles. The largest absolute Gasteiger partial charge is 0.497 e. The zero-order chi connectivity index (χ0) is 40.5. The summed E-state index contributed by atoms with van der Waals surface area (Å²) in [6.45, 7) is 9.15. The predicted octanol–water partition coefficient (Wildman–Crippen LogP) is 8.21. The van der Waals surface area contributed by atoms with Crippen LogP contribution in [0.3, 0.4) is 0 Å². The van der Waals surface area contributed by atoms with Gasteiger partial charge in [-0.15, -0.1) is 11.3 Å². The number of amides is 3. The van der Waals surface area contributed by atoms with E-state index in [0.717, 1.165) is 64.2 Å². The molecule has 12 nitrogen and oxygen atoms in total. The number of nitrogens with one attached hydrogen (secondary N) is 1. The summed E-state index contributed by atoms with van der Waals surface area (Å²) in [5.74, 6) is 1.36. The van der Waals surface area contributed by atoms with Crippen LogP contribution in [-0.2, 0) is 20.9 Å². The van der Waals surface area contributed by atoms with Gasteiger partial charge in [-0.3, -0.25) is 4.79 Å². The average Bonchev–Trinajstić information content (AvgIpc) is 3.88. The van der Waals surface area contributed by atoms with Gasteiger partial charge in [-0.05, 0) is 81.7 Å². The molecule has 13 heteroatoms. The van der Waals surface area contributed by atoms with Crippen molar-refractivity contribution in [3.05, 3.63) is 76.8 Å². The molecule has 6 rings (SSSR count). The minimum atomic E-state index is -0.900. The second kappa shape index (κ2) is 19.3. The van der Waals surface area contributed by atoms with E-state index in [1.165, 1.54) is 11.3 Å². The molecule has 2 aliphatic heterocycles. The van der Waals surface area contributed by atoms with Crippen LogP contribution in [-0.4, -0.2) is 89.8 Å². The lowest BCUT2D eigenvalue weighted by Crippen LogP contribution is -2.53. The summed E-state index contributed by atoms with van der Waals surface area (Å²) in [6.07, 6.45) is 8.48. The van der Waals surface area contributed by atoms with Crippen molar-refractivity contribution in [2.45, 2.75) is 103 Å². The highest BCUT2D eigenvalue weighted by molar-refractivity contribution is 7.13. The van der Waals surface area contributed by atoms with Gasteiger partial charge < -0.3 is 34.1 Å². The molecule has 2 aromatic heterocycles. The highest BCUT2D eigenvalue weighted by Crippen LogP contribution is 2.38. The van der Waals surface area contributed by atoms with E-state index < -0.39 is 30.1 Å². The lowest BCUT2D eigenvalue weighted by atomic mass is 10.1. The summed E-state index contributed by atoms with van der Waals surface area (Å²) in [5, 5.41) is 6.57. The third kappa shape index (κ3) is 10.0. The average molecular weight is 798 g/mol. The fourth-order valence-electron chi connectivity index (χ4n) is 7.37. The molecule has 0 aliphatic carbocycles. The van der Waals surface area contributed by atoms with Crippen LogP contribution in [0.25, 0.3) is 21.6 Å². The Hall–Kier alpha value is -5.17. The van der Waals surface area contributed by atoms with E-state index in [9.17, 15) is 14.4 Å². The number of aromatic nitrogens is 2. The molecule has 304 valence electrons. The number of hydrogen-bond donors (Lipinski definition) is 1. The first-order valence-corrected chi connectivity index (χ1v) is 20.9. The molecule has 1 fully saturated rings. The molecule has 0 radical (unpaired) electrons. The van der Waals surface area contributed by atoms with Crippen molar-refractivity contribution in [3.63, 3.8) is 0 Å². The molecule has 1 saturated heterocycles. The number of nitrogens with zero attached hydrogens (tertiary/aromatic N) is 4. The molecule has 0 bridgehead atoms. The second-order valence-electron chi connectivity index (χ2n) is 14.9. The van der Waals surface area contributed by atoms with E-state index in [1.54, 1.807) is 26.0 Å². The number of allylic oxidation sites excluding steroid dienone is 2. The smallest absolute Gasteiger partial charge is 0.328 e. The Labute approximate surface area is 339 Å². The summed E-state index contributed by atoms with van der Waals surface area (Å²) in [7, 11) is 3.26. The first-order valence-electron chi connectivity index (χ1n) is 20.0. The molecular formula is C44H55N5O7S. The fraction of sp³-hybridized carbons (Fsp3) is 0.477. The van der Waals surface area contributed by atoms with Crippen LogP contribution in [0.15, 0.2) is 60.0 Å². The van der Waals surface area contributed by atoms with Crippen LogP contribution in [0.4, 0.5) is 4.79 Å². The predicted molar refractivity (Wildman–Crippen MR) is 222 cm³/mol. The van der Waals surface area contributed by atoms with Gasteiger partial charge in [-0.2, -0.15) is 0 Å². The SMILES string of the molecule is CCOC(=O)C1CCC=CCCCCCN(Cc2ccc(OC)cc2)C(=O)N2CC(Oc3cc(-c4nc(C(C)C)cs4)nc4c(C)c(OC)ccc34)CC2C(=O)N1. The maximum atomic E-state index is 14.8. The van der Waals surface area contributed by atoms with Gasteiger partial charge in [0.25, 0.3) is 0 Å². The Kier molecular flexibility index (Phi) is 14.1. The number of rotatable bonds is 10. The second-order valence-corrected chi connectivity index (χ2v) is 15.8. The van der Waals surface area contributed by atoms with E-state index in [1.807, 2.05) is 54.3 Å². The number of methoxy groups -OCH3 is 2. The summed E-state index contributed by atoms with van der Waals surface area (Å²) < 4.78 is 23.3. The van der Waals surface area contributed by atoms with E-state index in [-0.39, 0.29) is 31.5 Å². The molecule has 3 unspecified atom stereocenters. The van der Waals surface area contributed by atoms with Crippen molar-refractivity contribution in [2.75, 3.05) is 33.9 Å². The van der Waals surface area contributed by atoms with Gasteiger partial charge in [0, 0.05) is 41.9 Å². The van der Waals surface area contributed by atoms with Crippen molar-refractivity contribution in [1.82, 2.24) is 25.1 Å². The van der Waals surface area contributed by atoms with Crippen molar-refractivity contribution in [1.29, 1.82) is 0 Å². The number of pyridine rings is 1. The molecule has 2 aliphatic rings. The number of aryl methyl sites for hydroxylation is 1. The summed E-state index contributed by atoms with van der Waals surface area (Å²) in [4.78, 5) is 55.6. The highest BCUT2D eigenvalue weighted by Gasteiger charge is 2.43. The number of carbonyl (C=O) groups is 3. The number of fused-ring (bicyclic) bond motifs is 2. The molecule has 0 spiro atoms. The van der Waals surface area contributed by atoms with Crippen LogP contribution >= 0.6 is 11.3 Å². The third-order valence-corrected chi connectivity index (χ3v) is 11.5. The molecule has 4 heterocycles. The third-order valence-electron chi connectivity index (χ3n) is 10.6. The first kappa shape index (κ1) is 41.5. The van der Waals surface area contributed by atoms with Crippen LogP contribution in [0.2, 0.25) is 0 Å².